The molecule has 1 aliphatic rings. The van der Waals surface area contributed by atoms with Crippen molar-refractivity contribution in [1.82, 2.24) is 20.1 Å². The van der Waals surface area contributed by atoms with Gasteiger partial charge in [-0.3, -0.25) is 4.57 Å². The summed E-state index contributed by atoms with van der Waals surface area (Å²) in [5.41, 5.74) is 1.02. The maximum absolute atomic E-state index is 5.45. The van der Waals surface area contributed by atoms with Gasteiger partial charge in [0.2, 0.25) is 0 Å². The second-order valence-electron chi connectivity index (χ2n) is 5.51. The van der Waals surface area contributed by atoms with Crippen molar-refractivity contribution in [1.29, 1.82) is 0 Å². The summed E-state index contributed by atoms with van der Waals surface area (Å²) in [5, 5.41) is 12.8. The molecule has 1 atom stereocenters. The molecule has 2 heterocycles. The Balaban J connectivity index is 1.86. The summed E-state index contributed by atoms with van der Waals surface area (Å²) in [5.74, 6) is 3.32. The molecule has 1 aromatic carbocycles. The van der Waals surface area contributed by atoms with Crippen molar-refractivity contribution < 1.29 is 9.47 Å². The zero-order valence-corrected chi connectivity index (χ0v) is 14.3. The minimum absolute atomic E-state index is 0.600. The summed E-state index contributed by atoms with van der Waals surface area (Å²) >= 11 is 1.74. The van der Waals surface area contributed by atoms with E-state index >= 15 is 0 Å². The quantitative estimate of drug-likeness (QED) is 0.783. The highest BCUT2D eigenvalue weighted by Crippen LogP contribution is 2.27. The van der Waals surface area contributed by atoms with Gasteiger partial charge in [0.25, 0.3) is 0 Å². The van der Waals surface area contributed by atoms with Gasteiger partial charge in [-0.1, -0.05) is 17.8 Å². The molecule has 2 aromatic rings. The molecule has 0 amide bonds. The van der Waals surface area contributed by atoms with Crippen LogP contribution in [0.25, 0.3) is 5.69 Å². The molecule has 0 saturated carbocycles. The third-order valence-corrected chi connectivity index (χ3v) is 4.98. The van der Waals surface area contributed by atoms with Crippen LogP contribution in [-0.4, -0.2) is 47.9 Å². The number of rotatable bonds is 7. The maximum atomic E-state index is 5.45. The fourth-order valence-electron chi connectivity index (χ4n) is 2.58. The number of thioether (sulfide) groups is 1. The fraction of sp³-hybridized carbons (Fsp3) is 0.500. The normalized spacial score (nSPS) is 17.6. The van der Waals surface area contributed by atoms with Crippen LogP contribution < -0.4 is 10.1 Å². The molecule has 0 spiro atoms. The third-order valence-electron chi connectivity index (χ3n) is 3.82. The molecule has 1 fully saturated rings. The van der Waals surface area contributed by atoms with Gasteiger partial charge in [0.05, 0.1) is 25.9 Å². The van der Waals surface area contributed by atoms with Crippen molar-refractivity contribution in [2.75, 3.05) is 33.1 Å². The summed E-state index contributed by atoms with van der Waals surface area (Å²) in [6.45, 7) is 2.39. The minimum Gasteiger partial charge on any atom is -0.497 e. The molecule has 0 aliphatic carbocycles. The van der Waals surface area contributed by atoms with E-state index in [-0.39, 0.29) is 0 Å². The minimum atomic E-state index is 0.600. The average molecular weight is 334 g/mol. The number of hydrogen-bond donors (Lipinski definition) is 1. The summed E-state index contributed by atoms with van der Waals surface area (Å²) in [6.07, 6.45) is 1.13. The van der Waals surface area contributed by atoms with E-state index < -0.39 is 0 Å². The first kappa shape index (κ1) is 16.3. The van der Waals surface area contributed by atoms with Gasteiger partial charge >= 0.3 is 0 Å². The molecule has 0 unspecified atom stereocenters. The molecule has 1 N–H and O–H groups in total. The van der Waals surface area contributed by atoms with Crippen molar-refractivity contribution >= 4 is 11.8 Å². The van der Waals surface area contributed by atoms with E-state index in [9.17, 15) is 0 Å². The zero-order chi connectivity index (χ0) is 16.1. The largest absolute Gasteiger partial charge is 0.497 e. The van der Waals surface area contributed by atoms with Crippen molar-refractivity contribution in [3.8, 4) is 11.4 Å². The van der Waals surface area contributed by atoms with E-state index in [1.165, 1.54) is 0 Å². The van der Waals surface area contributed by atoms with Crippen LogP contribution in [0, 0.1) is 5.92 Å². The first-order valence-corrected chi connectivity index (χ1v) is 8.74. The molecular weight excluding hydrogens is 312 g/mol. The third kappa shape index (κ3) is 3.85. The number of nitrogens with zero attached hydrogens (tertiary/aromatic N) is 3. The number of benzene rings is 1. The molecule has 1 aliphatic heterocycles. The highest BCUT2D eigenvalue weighted by Gasteiger charge is 2.19. The Morgan fingerprint density at radius 3 is 3.09 bits per heavy atom. The van der Waals surface area contributed by atoms with Gasteiger partial charge in [0.15, 0.2) is 11.0 Å². The van der Waals surface area contributed by atoms with Gasteiger partial charge in [-0.05, 0) is 31.5 Å². The molecule has 1 saturated heterocycles. The van der Waals surface area contributed by atoms with Crippen LogP contribution in [0.4, 0.5) is 0 Å². The average Bonchev–Trinajstić information content (AvgIpc) is 3.23. The van der Waals surface area contributed by atoms with Crippen LogP contribution in [0.5, 0.6) is 5.75 Å². The summed E-state index contributed by atoms with van der Waals surface area (Å²) in [6, 6.07) is 7.98. The Hall–Kier alpha value is -1.57. The lowest BCUT2D eigenvalue weighted by Gasteiger charge is -2.12. The predicted octanol–water partition coefficient (Wildman–Crippen LogP) is 2.12. The number of ether oxygens (including phenoxy) is 2. The number of hydrogen-bond acceptors (Lipinski definition) is 6. The van der Waals surface area contributed by atoms with E-state index in [1.54, 1.807) is 18.9 Å². The van der Waals surface area contributed by atoms with Gasteiger partial charge in [-0.15, -0.1) is 10.2 Å². The first-order valence-electron chi connectivity index (χ1n) is 7.75. The van der Waals surface area contributed by atoms with E-state index in [1.807, 2.05) is 31.3 Å². The molecule has 23 heavy (non-hydrogen) atoms. The van der Waals surface area contributed by atoms with E-state index in [2.05, 4.69) is 20.1 Å². The molecule has 0 radical (unpaired) electrons. The predicted molar refractivity (Wildman–Crippen MR) is 90.3 cm³/mol. The Morgan fingerprint density at radius 2 is 2.35 bits per heavy atom. The monoisotopic (exact) mass is 334 g/mol. The molecule has 0 bridgehead atoms. The Bertz CT molecular complexity index is 641. The topological polar surface area (TPSA) is 61.2 Å². The molecule has 124 valence electrons. The maximum Gasteiger partial charge on any atom is 0.195 e. The van der Waals surface area contributed by atoms with Crippen LogP contribution in [-0.2, 0) is 11.3 Å². The van der Waals surface area contributed by atoms with Crippen LogP contribution in [0.2, 0.25) is 0 Å². The van der Waals surface area contributed by atoms with Gasteiger partial charge in [0, 0.05) is 18.4 Å². The van der Waals surface area contributed by atoms with Gasteiger partial charge in [0.1, 0.15) is 5.75 Å². The summed E-state index contributed by atoms with van der Waals surface area (Å²) < 4.78 is 12.9. The van der Waals surface area contributed by atoms with Crippen molar-refractivity contribution in [2.24, 2.45) is 5.92 Å². The highest BCUT2D eigenvalue weighted by atomic mass is 32.2. The van der Waals surface area contributed by atoms with Crippen molar-refractivity contribution in [3.63, 3.8) is 0 Å². The van der Waals surface area contributed by atoms with Crippen LogP contribution in [0.15, 0.2) is 29.4 Å². The lowest BCUT2D eigenvalue weighted by atomic mass is 10.2. The number of nitrogens with one attached hydrogen (secondary N) is 1. The van der Waals surface area contributed by atoms with Crippen LogP contribution in [0.1, 0.15) is 12.2 Å². The van der Waals surface area contributed by atoms with Gasteiger partial charge in [-0.2, -0.15) is 0 Å². The van der Waals surface area contributed by atoms with Gasteiger partial charge in [-0.25, -0.2) is 0 Å². The SMILES string of the molecule is CNCc1nnc(SC[C@@H]2CCOC2)n1-c1cccc(OC)c1. The van der Waals surface area contributed by atoms with Crippen molar-refractivity contribution in [2.45, 2.75) is 18.1 Å². The Labute approximate surface area is 140 Å². The highest BCUT2D eigenvalue weighted by molar-refractivity contribution is 7.99. The summed E-state index contributed by atoms with van der Waals surface area (Å²) in [7, 11) is 3.59. The molecule has 7 heteroatoms. The van der Waals surface area contributed by atoms with Crippen molar-refractivity contribution in [3.05, 3.63) is 30.1 Å². The van der Waals surface area contributed by atoms with Crippen LogP contribution in [0.3, 0.4) is 0 Å². The standard InChI is InChI=1S/C16H22N4O2S/c1-17-9-15-18-19-16(23-11-12-6-7-22-10-12)20(15)13-4-3-5-14(8-13)21-2/h3-5,8,12,17H,6-7,9-11H2,1-2H3/t12-/m1/s1. The lowest BCUT2D eigenvalue weighted by molar-refractivity contribution is 0.189. The van der Waals surface area contributed by atoms with Gasteiger partial charge < -0.3 is 14.8 Å². The smallest absolute Gasteiger partial charge is 0.195 e. The molecular formula is C16H22N4O2S. The van der Waals surface area contributed by atoms with E-state index in [0.717, 1.165) is 47.8 Å². The molecule has 6 nitrogen and oxygen atoms in total. The van der Waals surface area contributed by atoms with Crippen LogP contribution >= 0.6 is 11.8 Å². The Morgan fingerprint density at radius 1 is 1.43 bits per heavy atom. The number of aromatic nitrogens is 3. The first-order chi connectivity index (χ1) is 11.3. The second kappa shape index (κ2) is 7.81. The Kier molecular flexibility index (Phi) is 5.53. The lowest BCUT2D eigenvalue weighted by Crippen LogP contribution is -2.12. The summed E-state index contributed by atoms with van der Waals surface area (Å²) in [4.78, 5) is 0. The number of methoxy groups -OCH3 is 1. The van der Waals surface area contributed by atoms with E-state index in [0.29, 0.717) is 12.5 Å². The molecule has 3 rings (SSSR count). The second-order valence-corrected chi connectivity index (χ2v) is 6.49. The molecule has 1 aromatic heterocycles. The zero-order valence-electron chi connectivity index (χ0n) is 13.5. The fourth-order valence-corrected chi connectivity index (χ4v) is 3.67. The van der Waals surface area contributed by atoms with E-state index in [4.69, 9.17) is 9.47 Å².